The van der Waals surface area contributed by atoms with E-state index in [9.17, 15) is 0 Å². The van der Waals surface area contributed by atoms with Crippen molar-refractivity contribution in [3.63, 3.8) is 0 Å². The molecule has 0 saturated heterocycles. The summed E-state index contributed by atoms with van der Waals surface area (Å²) in [4.78, 5) is 2.36. The lowest BCUT2D eigenvalue weighted by Gasteiger charge is -2.29. The molecule has 1 atom stereocenters. The molecule has 1 nitrogen and oxygen atoms in total. The van der Waals surface area contributed by atoms with Crippen LogP contribution in [0.5, 0.6) is 0 Å². The number of benzene rings is 1. The molecule has 1 aliphatic rings. The zero-order valence-electron chi connectivity index (χ0n) is 9.71. The summed E-state index contributed by atoms with van der Waals surface area (Å²) >= 11 is 9.73. The van der Waals surface area contributed by atoms with Crippen LogP contribution in [0.25, 0.3) is 0 Å². The lowest BCUT2D eigenvalue weighted by atomic mass is 10.1. The number of nitrogens with zero attached hydrogens (tertiary/aromatic N) is 1. The van der Waals surface area contributed by atoms with Gasteiger partial charge in [-0.05, 0) is 37.8 Å². The minimum atomic E-state index is 0.608. The second-order valence-electron chi connectivity index (χ2n) is 4.56. The Kier molecular flexibility index (Phi) is 3.81. The van der Waals surface area contributed by atoms with E-state index >= 15 is 0 Å². The third kappa shape index (κ3) is 2.38. The summed E-state index contributed by atoms with van der Waals surface area (Å²) in [6.45, 7) is 2.30. The van der Waals surface area contributed by atoms with Crippen LogP contribution < -0.4 is 4.90 Å². The van der Waals surface area contributed by atoms with Gasteiger partial charge in [0.15, 0.2) is 0 Å². The molecule has 1 aromatic carbocycles. The van der Waals surface area contributed by atoms with E-state index in [1.54, 1.807) is 0 Å². The molecule has 1 aliphatic carbocycles. The van der Waals surface area contributed by atoms with Crippen LogP contribution >= 0.6 is 27.5 Å². The predicted molar refractivity (Wildman–Crippen MR) is 74.7 cm³/mol. The first-order chi connectivity index (χ1) is 7.65. The van der Waals surface area contributed by atoms with Crippen molar-refractivity contribution in [1.82, 2.24) is 0 Å². The van der Waals surface area contributed by atoms with E-state index in [0.717, 1.165) is 16.3 Å². The quantitative estimate of drug-likeness (QED) is 0.742. The van der Waals surface area contributed by atoms with E-state index < -0.39 is 0 Å². The maximum atomic E-state index is 6.22. The zero-order valence-corrected chi connectivity index (χ0v) is 12.1. The molecule has 0 amide bonds. The number of hydrogen-bond donors (Lipinski definition) is 0. The van der Waals surface area contributed by atoms with Gasteiger partial charge in [0.05, 0.1) is 0 Å². The standard InChI is InChI=1S/C13H17BrClN/c1-9(10-6-7-10)16(2)13-5-3-4-12(15)11(13)8-14/h3-5,9-10H,6-8H2,1-2H3. The number of rotatable bonds is 4. The summed E-state index contributed by atoms with van der Waals surface area (Å²) in [6, 6.07) is 6.75. The average Bonchev–Trinajstić information content (AvgIpc) is 3.10. The Hall–Kier alpha value is -0.210. The summed E-state index contributed by atoms with van der Waals surface area (Å²) in [7, 11) is 2.17. The van der Waals surface area contributed by atoms with Crippen LogP contribution in [0.4, 0.5) is 5.69 Å². The molecule has 16 heavy (non-hydrogen) atoms. The van der Waals surface area contributed by atoms with Crippen molar-refractivity contribution in [2.24, 2.45) is 5.92 Å². The number of hydrogen-bond acceptors (Lipinski definition) is 1. The van der Waals surface area contributed by atoms with Gasteiger partial charge in [0.2, 0.25) is 0 Å². The van der Waals surface area contributed by atoms with Gasteiger partial charge in [-0.1, -0.05) is 33.6 Å². The zero-order chi connectivity index (χ0) is 11.7. The van der Waals surface area contributed by atoms with Crippen molar-refractivity contribution in [3.8, 4) is 0 Å². The molecular formula is C13H17BrClN. The smallest absolute Gasteiger partial charge is 0.0467 e. The number of halogens is 2. The normalized spacial score (nSPS) is 17.2. The molecule has 1 unspecified atom stereocenters. The average molecular weight is 303 g/mol. The first-order valence-electron chi connectivity index (χ1n) is 5.71. The fraction of sp³-hybridized carbons (Fsp3) is 0.538. The summed E-state index contributed by atoms with van der Waals surface area (Å²) in [6.07, 6.45) is 2.74. The van der Waals surface area contributed by atoms with Crippen molar-refractivity contribution in [2.45, 2.75) is 31.1 Å². The van der Waals surface area contributed by atoms with E-state index in [2.05, 4.69) is 40.9 Å². The van der Waals surface area contributed by atoms with E-state index in [0.29, 0.717) is 6.04 Å². The van der Waals surface area contributed by atoms with Gasteiger partial charge in [-0.2, -0.15) is 0 Å². The lowest BCUT2D eigenvalue weighted by molar-refractivity contribution is 0.608. The summed E-state index contributed by atoms with van der Waals surface area (Å²) in [5.74, 6) is 0.868. The summed E-state index contributed by atoms with van der Waals surface area (Å²) < 4.78 is 0. The maximum absolute atomic E-state index is 6.22. The van der Waals surface area contributed by atoms with Gasteiger partial charge in [0, 0.05) is 34.7 Å². The van der Waals surface area contributed by atoms with E-state index in [4.69, 9.17) is 11.6 Å². The Balaban J connectivity index is 2.27. The Bertz CT molecular complexity index is 376. The fourth-order valence-corrected chi connectivity index (χ4v) is 3.11. The highest BCUT2D eigenvalue weighted by Crippen LogP contribution is 2.38. The minimum absolute atomic E-state index is 0.608. The van der Waals surface area contributed by atoms with E-state index in [1.165, 1.54) is 24.1 Å². The fourth-order valence-electron chi connectivity index (χ4n) is 2.12. The highest BCUT2D eigenvalue weighted by atomic mass is 79.9. The molecule has 88 valence electrons. The van der Waals surface area contributed by atoms with Crippen molar-refractivity contribution >= 4 is 33.2 Å². The topological polar surface area (TPSA) is 3.24 Å². The van der Waals surface area contributed by atoms with E-state index in [1.807, 2.05) is 12.1 Å². The third-order valence-electron chi connectivity index (χ3n) is 3.52. The van der Waals surface area contributed by atoms with Gasteiger partial charge in [-0.15, -0.1) is 0 Å². The van der Waals surface area contributed by atoms with E-state index in [-0.39, 0.29) is 0 Å². The summed E-state index contributed by atoms with van der Waals surface area (Å²) in [5, 5.41) is 1.66. The van der Waals surface area contributed by atoms with Gasteiger partial charge in [-0.3, -0.25) is 0 Å². The van der Waals surface area contributed by atoms with Gasteiger partial charge in [-0.25, -0.2) is 0 Å². The van der Waals surface area contributed by atoms with Crippen LogP contribution in [0, 0.1) is 5.92 Å². The van der Waals surface area contributed by atoms with Crippen LogP contribution in [0.2, 0.25) is 5.02 Å². The Morgan fingerprint density at radius 1 is 1.50 bits per heavy atom. The Morgan fingerprint density at radius 3 is 2.75 bits per heavy atom. The molecule has 0 heterocycles. The second-order valence-corrected chi connectivity index (χ2v) is 5.53. The van der Waals surface area contributed by atoms with Crippen LogP contribution in [0.1, 0.15) is 25.3 Å². The molecular weight excluding hydrogens is 286 g/mol. The monoisotopic (exact) mass is 301 g/mol. The van der Waals surface area contributed by atoms with Gasteiger partial charge in [0.25, 0.3) is 0 Å². The Morgan fingerprint density at radius 2 is 2.19 bits per heavy atom. The lowest BCUT2D eigenvalue weighted by Crippen LogP contribution is -2.31. The maximum Gasteiger partial charge on any atom is 0.0467 e. The molecule has 0 radical (unpaired) electrons. The Labute approximate surface area is 111 Å². The molecule has 2 rings (SSSR count). The largest absolute Gasteiger partial charge is 0.371 e. The molecule has 0 spiro atoms. The van der Waals surface area contributed by atoms with Crippen molar-refractivity contribution in [2.75, 3.05) is 11.9 Å². The molecule has 0 aliphatic heterocycles. The first kappa shape index (κ1) is 12.3. The molecule has 3 heteroatoms. The van der Waals surface area contributed by atoms with Crippen molar-refractivity contribution < 1.29 is 0 Å². The van der Waals surface area contributed by atoms with Crippen LogP contribution in [0.3, 0.4) is 0 Å². The van der Waals surface area contributed by atoms with Crippen LogP contribution in [-0.4, -0.2) is 13.1 Å². The highest BCUT2D eigenvalue weighted by Gasteiger charge is 2.31. The molecule has 1 fully saturated rings. The second kappa shape index (κ2) is 4.97. The van der Waals surface area contributed by atoms with Gasteiger partial charge < -0.3 is 4.90 Å². The SMILES string of the molecule is CC(C1CC1)N(C)c1cccc(Cl)c1CBr. The van der Waals surface area contributed by atoms with Gasteiger partial charge >= 0.3 is 0 Å². The third-order valence-corrected chi connectivity index (χ3v) is 4.44. The molecule has 1 saturated carbocycles. The minimum Gasteiger partial charge on any atom is -0.371 e. The summed E-state index contributed by atoms with van der Waals surface area (Å²) in [5.41, 5.74) is 2.45. The van der Waals surface area contributed by atoms with Crippen LogP contribution in [-0.2, 0) is 5.33 Å². The molecule has 0 N–H and O–H groups in total. The first-order valence-corrected chi connectivity index (χ1v) is 7.21. The number of anilines is 1. The highest BCUT2D eigenvalue weighted by molar-refractivity contribution is 9.08. The van der Waals surface area contributed by atoms with Gasteiger partial charge in [0.1, 0.15) is 0 Å². The van der Waals surface area contributed by atoms with Crippen LogP contribution in [0.15, 0.2) is 18.2 Å². The molecule has 0 bridgehead atoms. The molecule has 1 aromatic rings. The number of alkyl halides is 1. The predicted octanol–water partition coefficient (Wildman–Crippen LogP) is 4.47. The van der Waals surface area contributed by atoms with Crippen molar-refractivity contribution in [1.29, 1.82) is 0 Å². The van der Waals surface area contributed by atoms with Crippen molar-refractivity contribution in [3.05, 3.63) is 28.8 Å². The molecule has 0 aromatic heterocycles.